The van der Waals surface area contributed by atoms with Crippen molar-refractivity contribution in [1.82, 2.24) is 20.5 Å². The van der Waals surface area contributed by atoms with Gasteiger partial charge in [-0.25, -0.2) is 0 Å². The molecule has 2 heterocycles. The van der Waals surface area contributed by atoms with Gasteiger partial charge in [-0.3, -0.25) is 9.78 Å². The number of carbonyl (C=O) groups is 1. The van der Waals surface area contributed by atoms with E-state index in [1.807, 2.05) is 36.4 Å². The monoisotopic (exact) mass is 376 g/mol. The van der Waals surface area contributed by atoms with Gasteiger partial charge in [0.05, 0.1) is 11.9 Å². The van der Waals surface area contributed by atoms with E-state index in [1.54, 1.807) is 12.4 Å². The van der Waals surface area contributed by atoms with Gasteiger partial charge in [-0.1, -0.05) is 29.8 Å². The number of pyridine rings is 1. The number of aromatic nitrogens is 3. The van der Waals surface area contributed by atoms with Crippen molar-refractivity contribution in [2.75, 3.05) is 23.7 Å². The Morgan fingerprint density at radius 3 is 2.61 bits per heavy atom. The van der Waals surface area contributed by atoms with E-state index in [2.05, 4.69) is 50.2 Å². The number of benzene rings is 1. The third-order valence-corrected chi connectivity index (χ3v) is 4.07. The Labute approximate surface area is 164 Å². The van der Waals surface area contributed by atoms with E-state index in [1.165, 1.54) is 11.1 Å². The van der Waals surface area contributed by atoms with Crippen LogP contribution in [0.25, 0.3) is 0 Å². The highest BCUT2D eigenvalue weighted by Gasteiger charge is 2.03. The number of nitrogens with one attached hydrogen (secondary N) is 3. The van der Waals surface area contributed by atoms with Crippen LogP contribution < -0.4 is 16.0 Å². The lowest BCUT2D eigenvalue weighted by Crippen LogP contribution is -2.29. The lowest BCUT2D eigenvalue weighted by atomic mass is 10.1. The molecule has 0 spiro atoms. The minimum atomic E-state index is 0.0467. The van der Waals surface area contributed by atoms with Crippen molar-refractivity contribution in [3.8, 4) is 0 Å². The molecule has 3 aromatic rings. The van der Waals surface area contributed by atoms with Gasteiger partial charge in [0.15, 0.2) is 5.82 Å². The highest BCUT2D eigenvalue weighted by Crippen LogP contribution is 2.12. The van der Waals surface area contributed by atoms with Crippen LogP contribution in [0.2, 0.25) is 0 Å². The maximum Gasteiger partial charge on any atom is 0.220 e. The molecule has 0 saturated heterocycles. The van der Waals surface area contributed by atoms with Crippen LogP contribution in [0.5, 0.6) is 0 Å². The number of amides is 1. The van der Waals surface area contributed by atoms with Crippen LogP contribution >= 0.6 is 0 Å². The van der Waals surface area contributed by atoms with Gasteiger partial charge in [-0.15, -0.1) is 10.2 Å². The zero-order valence-electron chi connectivity index (χ0n) is 15.9. The summed E-state index contributed by atoms with van der Waals surface area (Å²) in [6.45, 7) is 3.17. The third-order valence-electron chi connectivity index (χ3n) is 4.07. The molecule has 0 aliphatic rings. The summed E-state index contributed by atoms with van der Waals surface area (Å²) >= 11 is 0. The van der Waals surface area contributed by atoms with Crippen LogP contribution in [-0.2, 0) is 11.2 Å². The number of hydrogen-bond donors (Lipinski definition) is 3. The molecule has 3 N–H and O–H groups in total. The van der Waals surface area contributed by atoms with Crippen molar-refractivity contribution >= 4 is 23.2 Å². The maximum atomic E-state index is 12.0. The summed E-state index contributed by atoms with van der Waals surface area (Å²) < 4.78 is 0. The van der Waals surface area contributed by atoms with E-state index in [0.717, 1.165) is 12.1 Å². The molecule has 0 fully saturated rings. The van der Waals surface area contributed by atoms with Crippen molar-refractivity contribution in [3.05, 3.63) is 72.1 Å². The number of carbonyl (C=O) groups excluding carboxylic acids is 1. The Morgan fingerprint density at radius 1 is 1.00 bits per heavy atom. The van der Waals surface area contributed by atoms with Crippen molar-refractivity contribution in [3.63, 3.8) is 0 Å². The van der Waals surface area contributed by atoms with E-state index in [-0.39, 0.29) is 5.91 Å². The Kier molecular flexibility index (Phi) is 6.89. The van der Waals surface area contributed by atoms with Crippen LogP contribution in [0.1, 0.15) is 17.5 Å². The van der Waals surface area contributed by atoms with Gasteiger partial charge >= 0.3 is 0 Å². The smallest absolute Gasteiger partial charge is 0.220 e. The van der Waals surface area contributed by atoms with Gasteiger partial charge in [0.25, 0.3) is 0 Å². The second kappa shape index (κ2) is 10.0. The van der Waals surface area contributed by atoms with Gasteiger partial charge in [0.2, 0.25) is 5.91 Å². The average Bonchev–Trinajstić information content (AvgIpc) is 2.72. The van der Waals surface area contributed by atoms with E-state index < -0.39 is 0 Å². The predicted octanol–water partition coefficient (Wildman–Crippen LogP) is 3.08. The Bertz CT molecular complexity index is 883. The van der Waals surface area contributed by atoms with Crippen LogP contribution in [-0.4, -0.2) is 34.2 Å². The molecule has 7 nitrogen and oxygen atoms in total. The fraction of sp³-hybridized carbons (Fsp3) is 0.238. The molecule has 0 unspecified atom stereocenters. The molecule has 0 saturated carbocycles. The largest absolute Gasteiger partial charge is 0.367 e. The Hall–Kier alpha value is -3.48. The van der Waals surface area contributed by atoms with Gasteiger partial charge in [-0.2, -0.15) is 0 Å². The van der Waals surface area contributed by atoms with Gasteiger partial charge < -0.3 is 16.0 Å². The molecular weight excluding hydrogens is 352 g/mol. The third kappa shape index (κ3) is 6.35. The van der Waals surface area contributed by atoms with E-state index >= 15 is 0 Å². The zero-order chi connectivity index (χ0) is 19.6. The molecule has 0 aliphatic heterocycles. The quantitative estimate of drug-likeness (QED) is 0.497. The zero-order valence-corrected chi connectivity index (χ0v) is 15.9. The van der Waals surface area contributed by atoms with Crippen molar-refractivity contribution in [1.29, 1.82) is 0 Å². The van der Waals surface area contributed by atoms with Crippen LogP contribution in [0.15, 0.2) is 60.9 Å². The van der Waals surface area contributed by atoms with Crippen LogP contribution in [0, 0.1) is 6.92 Å². The average molecular weight is 376 g/mol. The fourth-order valence-electron chi connectivity index (χ4n) is 2.68. The number of aryl methyl sites for hydroxylation is 2. The maximum absolute atomic E-state index is 12.0. The summed E-state index contributed by atoms with van der Waals surface area (Å²) in [5.74, 6) is 1.35. The van der Waals surface area contributed by atoms with Gasteiger partial charge in [0.1, 0.15) is 5.82 Å². The number of nitrogens with zero attached hydrogens (tertiary/aromatic N) is 3. The van der Waals surface area contributed by atoms with Crippen LogP contribution in [0.3, 0.4) is 0 Å². The van der Waals surface area contributed by atoms with Crippen LogP contribution in [0.4, 0.5) is 17.3 Å². The lowest BCUT2D eigenvalue weighted by Gasteiger charge is -2.08. The first-order chi connectivity index (χ1) is 13.7. The molecular formula is C21H24N6O. The topological polar surface area (TPSA) is 91.8 Å². The molecule has 0 bridgehead atoms. The SMILES string of the molecule is Cc1cccc(CCC(=O)NCCNc2ccc(Nc3cccnc3)nn2)c1. The molecule has 0 aliphatic carbocycles. The molecule has 3 rings (SSSR count). The van der Waals surface area contributed by atoms with Gasteiger partial charge in [-0.05, 0) is 43.2 Å². The lowest BCUT2D eigenvalue weighted by molar-refractivity contribution is -0.120. The summed E-state index contributed by atoms with van der Waals surface area (Å²) in [5.41, 5.74) is 3.25. The summed E-state index contributed by atoms with van der Waals surface area (Å²) in [6.07, 6.45) is 4.66. The number of rotatable bonds is 9. The predicted molar refractivity (Wildman–Crippen MR) is 111 cm³/mol. The Balaban J connectivity index is 1.34. The first-order valence-corrected chi connectivity index (χ1v) is 9.26. The molecule has 1 amide bonds. The fourth-order valence-corrected chi connectivity index (χ4v) is 2.68. The summed E-state index contributed by atoms with van der Waals surface area (Å²) in [5, 5.41) is 17.4. The summed E-state index contributed by atoms with van der Waals surface area (Å²) in [4.78, 5) is 16.0. The molecule has 0 radical (unpaired) electrons. The summed E-state index contributed by atoms with van der Waals surface area (Å²) in [6, 6.07) is 15.7. The molecule has 7 heteroatoms. The van der Waals surface area contributed by atoms with Gasteiger partial charge in [0, 0.05) is 25.7 Å². The second-order valence-corrected chi connectivity index (χ2v) is 6.44. The standard InChI is InChI=1S/C21H24N6O/c1-16-4-2-5-17(14-16)7-10-21(28)24-13-12-23-19-8-9-20(27-26-19)25-18-6-3-11-22-15-18/h2-6,8-9,11,14-15H,7,10,12-13H2,1H3,(H,23,26)(H,24,28)(H,25,27). The van der Waals surface area contributed by atoms with E-state index in [0.29, 0.717) is 31.1 Å². The molecule has 28 heavy (non-hydrogen) atoms. The molecule has 144 valence electrons. The number of anilines is 3. The molecule has 2 aromatic heterocycles. The highest BCUT2D eigenvalue weighted by atomic mass is 16.1. The minimum Gasteiger partial charge on any atom is -0.367 e. The minimum absolute atomic E-state index is 0.0467. The Morgan fingerprint density at radius 2 is 1.86 bits per heavy atom. The second-order valence-electron chi connectivity index (χ2n) is 6.44. The highest BCUT2D eigenvalue weighted by molar-refractivity contribution is 5.76. The first kappa shape index (κ1) is 19.3. The molecule has 1 aromatic carbocycles. The molecule has 0 atom stereocenters. The van der Waals surface area contributed by atoms with Crippen molar-refractivity contribution in [2.45, 2.75) is 19.8 Å². The first-order valence-electron chi connectivity index (χ1n) is 9.26. The van der Waals surface area contributed by atoms with E-state index in [4.69, 9.17) is 0 Å². The van der Waals surface area contributed by atoms with Crippen molar-refractivity contribution < 1.29 is 4.79 Å². The van der Waals surface area contributed by atoms with E-state index in [9.17, 15) is 4.79 Å². The normalized spacial score (nSPS) is 10.3. The summed E-state index contributed by atoms with van der Waals surface area (Å²) in [7, 11) is 0. The number of hydrogen-bond acceptors (Lipinski definition) is 6. The van der Waals surface area contributed by atoms with Crippen molar-refractivity contribution in [2.24, 2.45) is 0 Å².